The van der Waals surface area contributed by atoms with E-state index in [2.05, 4.69) is 27.0 Å². The van der Waals surface area contributed by atoms with E-state index in [1.54, 1.807) is 28.8 Å². The number of carbonyl (C=O) groups is 1. The molecule has 0 spiro atoms. The molecule has 160 valence electrons. The summed E-state index contributed by atoms with van der Waals surface area (Å²) < 4.78 is 1.73. The van der Waals surface area contributed by atoms with E-state index in [1.807, 2.05) is 26.1 Å². The lowest BCUT2D eigenvalue weighted by molar-refractivity contribution is 0.104. The molecule has 8 nitrogen and oxygen atoms in total. The van der Waals surface area contributed by atoms with Crippen molar-refractivity contribution in [1.29, 1.82) is 0 Å². The minimum absolute atomic E-state index is 0.0967. The van der Waals surface area contributed by atoms with Gasteiger partial charge in [-0.15, -0.1) is 0 Å². The van der Waals surface area contributed by atoms with Gasteiger partial charge in [0.15, 0.2) is 11.4 Å². The Morgan fingerprint density at radius 1 is 1.29 bits per heavy atom. The maximum absolute atomic E-state index is 12.6. The number of phenols is 1. The number of imidazole rings is 1. The number of likely N-dealkylation sites (tertiary alicyclic amines) is 1. The second-order valence-corrected chi connectivity index (χ2v) is 7.90. The Labute approximate surface area is 180 Å². The molecule has 0 bridgehead atoms. The van der Waals surface area contributed by atoms with Gasteiger partial charge in [-0.05, 0) is 56.3 Å². The summed E-state index contributed by atoms with van der Waals surface area (Å²) in [5.74, 6) is 5.34. The number of benzene rings is 1. The number of aryl methyl sites for hydroxylation is 2. The van der Waals surface area contributed by atoms with Gasteiger partial charge in [-0.2, -0.15) is 10.2 Å². The van der Waals surface area contributed by atoms with Crippen LogP contribution in [0.4, 0.5) is 0 Å². The second-order valence-electron chi connectivity index (χ2n) is 7.90. The summed E-state index contributed by atoms with van der Waals surface area (Å²) in [7, 11) is 0. The number of fused-ring (bicyclic) bond motifs is 1. The lowest BCUT2D eigenvalue weighted by Gasteiger charge is -2.38. The fourth-order valence-electron chi connectivity index (χ4n) is 3.84. The molecular weight excluding hydrogens is 392 g/mol. The maximum atomic E-state index is 12.6. The highest BCUT2D eigenvalue weighted by atomic mass is 16.3. The van der Waals surface area contributed by atoms with Gasteiger partial charge in [0, 0.05) is 24.6 Å². The number of allylic oxidation sites excluding steroid dienone is 2. The molecule has 1 aliphatic rings. The van der Waals surface area contributed by atoms with Gasteiger partial charge < -0.3 is 15.8 Å². The van der Waals surface area contributed by atoms with Gasteiger partial charge in [0.25, 0.3) is 0 Å². The first-order valence-electron chi connectivity index (χ1n) is 10.3. The summed E-state index contributed by atoms with van der Waals surface area (Å²) in [4.78, 5) is 19.4. The van der Waals surface area contributed by atoms with E-state index < -0.39 is 0 Å². The van der Waals surface area contributed by atoms with Crippen molar-refractivity contribution in [1.82, 2.24) is 19.5 Å². The number of nitrogens with zero attached hydrogens (tertiary/aromatic N) is 5. The molecule has 3 N–H and O–H groups in total. The SMILES string of the molecule is CCN1CC(C(/C=C\C(=O)c2ccc(-c3cc(C)c4nc(C)cn4n3)cc2O)=N/N)C1. The second kappa shape index (κ2) is 8.31. The number of carbonyl (C=O) groups excluding carboxylic acids is 1. The molecule has 0 unspecified atom stereocenters. The van der Waals surface area contributed by atoms with Crippen LogP contribution in [0.5, 0.6) is 5.75 Å². The summed E-state index contributed by atoms with van der Waals surface area (Å²) >= 11 is 0. The molecule has 1 fully saturated rings. The van der Waals surface area contributed by atoms with Crippen LogP contribution in [-0.4, -0.2) is 55.7 Å². The van der Waals surface area contributed by atoms with Gasteiger partial charge in [-0.3, -0.25) is 4.79 Å². The number of aromatic nitrogens is 3. The van der Waals surface area contributed by atoms with E-state index >= 15 is 0 Å². The molecule has 0 saturated carbocycles. The van der Waals surface area contributed by atoms with Gasteiger partial charge in [0.05, 0.1) is 28.9 Å². The molecule has 1 saturated heterocycles. The zero-order valence-electron chi connectivity index (χ0n) is 17.9. The number of hydrogen-bond donors (Lipinski definition) is 2. The first kappa shape index (κ1) is 20.7. The third-order valence-corrected chi connectivity index (χ3v) is 5.67. The third kappa shape index (κ3) is 4.06. The Morgan fingerprint density at radius 3 is 2.74 bits per heavy atom. The van der Waals surface area contributed by atoms with Crippen molar-refractivity contribution in [3.63, 3.8) is 0 Å². The minimum atomic E-state index is -0.304. The molecule has 2 aromatic heterocycles. The van der Waals surface area contributed by atoms with Gasteiger partial charge in [0.2, 0.25) is 0 Å². The molecule has 3 heterocycles. The Hall–Kier alpha value is -3.52. The quantitative estimate of drug-likeness (QED) is 0.209. The number of hydrogen-bond acceptors (Lipinski definition) is 7. The monoisotopic (exact) mass is 418 g/mol. The predicted octanol–water partition coefficient (Wildman–Crippen LogP) is 2.72. The number of aromatic hydroxyl groups is 1. The minimum Gasteiger partial charge on any atom is -0.507 e. The fraction of sp³-hybridized carbons (Fsp3) is 0.304. The van der Waals surface area contributed by atoms with Crippen LogP contribution < -0.4 is 5.84 Å². The number of phenolic OH excluding ortho intramolecular Hbond substituents is 1. The van der Waals surface area contributed by atoms with Crippen molar-refractivity contribution < 1.29 is 9.90 Å². The van der Waals surface area contributed by atoms with Gasteiger partial charge in [-0.1, -0.05) is 13.0 Å². The highest BCUT2D eigenvalue weighted by Gasteiger charge is 2.28. The molecule has 0 amide bonds. The van der Waals surface area contributed by atoms with E-state index in [0.29, 0.717) is 17.0 Å². The number of hydrazone groups is 1. The van der Waals surface area contributed by atoms with Crippen molar-refractivity contribution in [2.75, 3.05) is 19.6 Å². The summed E-state index contributed by atoms with van der Waals surface area (Å²) in [6.07, 6.45) is 4.91. The normalized spacial score (nSPS) is 15.6. The Kier molecular flexibility index (Phi) is 5.56. The summed E-state index contributed by atoms with van der Waals surface area (Å²) in [6, 6.07) is 6.86. The van der Waals surface area contributed by atoms with Gasteiger partial charge >= 0.3 is 0 Å². The summed E-state index contributed by atoms with van der Waals surface area (Å²) in [5.41, 5.74) is 4.98. The highest BCUT2D eigenvalue weighted by Crippen LogP contribution is 2.27. The van der Waals surface area contributed by atoms with Gasteiger partial charge in [-0.25, -0.2) is 9.50 Å². The van der Waals surface area contributed by atoms with E-state index in [-0.39, 0.29) is 23.0 Å². The Balaban J connectivity index is 1.54. The maximum Gasteiger partial charge on any atom is 0.189 e. The number of rotatable bonds is 6. The fourth-order valence-corrected chi connectivity index (χ4v) is 3.84. The lowest BCUT2D eigenvalue weighted by Crippen LogP contribution is -2.49. The first-order valence-corrected chi connectivity index (χ1v) is 10.3. The smallest absolute Gasteiger partial charge is 0.189 e. The molecule has 8 heteroatoms. The topological polar surface area (TPSA) is 109 Å². The summed E-state index contributed by atoms with van der Waals surface area (Å²) in [5, 5.41) is 18.9. The zero-order chi connectivity index (χ0) is 22.1. The van der Waals surface area contributed by atoms with Crippen LogP contribution in [0.1, 0.15) is 28.5 Å². The van der Waals surface area contributed by atoms with Crippen molar-refractivity contribution in [3.8, 4) is 17.0 Å². The summed E-state index contributed by atoms with van der Waals surface area (Å²) in [6.45, 7) is 8.75. The van der Waals surface area contributed by atoms with Gasteiger partial charge in [0.1, 0.15) is 5.75 Å². The zero-order valence-corrected chi connectivity index (χ0v) is 17.9. The van der Waals surface area contributed by atoms with Crippen LogP contribution in [0.15, 0.2) is 47.7 Å². The molecule has 3 aromatic rings. The van der Waals surface area contributed by atoms with Crippen LogP contribution in [-0.2, 0) is 0 Å². The standard InChI is InChI=1S/C23H26N6O2/c1-4-28-12-17(13-28)19(26-24)7-8-21(30)18-6-5-16(10-22(18)31)20-9-14(2)23-25-15(3)11-29(23)27-20/h5-11,17,31H,4,12-13,24H2,1-3H3/b8-7-,26-19+. The van der Waals surface area contributed by atoms with E-state index in [4.69, 9.17) is 5.84 Å². The van der Waals surface area contributed by atoms with Crippen LogP contribution in [0.25, 0.3) is 16.9 Å². The molecule has 1 aliphatic heterocycles. The first-order chi connectivity index (χ1) is 14.9. The number of nitrogens with two attached hydrogens (primary N) is 1. The molecule has 4 rings (SSSR count). The van der Waals surface area contributed by atoms with Crippen molar-refractivity contribution in [2.45, 2.75) is 20.8 Å². The van der Waals surface area contributed by atoms with E-state index in [0.717, 1.165) is 36.5 Å². The lowest BCUT2D eigenvalue weighted by atomic mass is 9.93. The average Bonchev–Trinajstić information content (AvgIpc) is 3.10. The molecule has 31 heavy (non-hydrogen) atoms. The molecular formula is C23H26N6O2. The van der Waals surface area contributed by atoms with E-state index in [9.17, 15) is 9.90 Å². The average molecular weight is 419 g/mol. The van der Waals surface area contributed by atoms with Crippen molar-refractivity contribution in [3.05, 3.63) is 59.4 Å². The van der Waals surface area contributed by atoms with Crippen molar-refractivity contribution in [2.24, 2.45) is 16.9 Å². The van der Waals surface area contributed by atoms with Crippen molar-refractivity contribution >= 4 is 17.1 Å². The van der Waals surface area contributed by atoms with Crippen LogP contribution in [0.3, 0.4) is 0 Å². The molecule has 0 atom stereocenters. The van der Waals surface area contributed by atoms with E-state index in [1.165, 1.54) is 6.08 Å². The third-order valence-electron chi connectivity index (χ3n) is 5.67. The van der Waals surface area contributed by atoms with Crippen LogP contribution in [0, 0.1) is 19.8 Å². The highest BCUT2D eigenvalue weighted by molar-refractivity contribution is 6.11. The Morgan fingerprint density at radius 2 is 2.06 bits per heavy atom. The molecule has 0 radical (unpaired) electrons. The number of ketones is 1. The Bertz CT molecular complexity index is 1200. The van der Waals surface area contributed by atoms with Crippen LogP contribution >= 0.6 is 0 Å². The van der Waals surface area contributed by atoms with Crippen LogP contribution in [0.2, 0.25) is 0 Å². The molecule has 1 aromatic carbocycles. The largest absolute Gasteiger partial charge is 0.507 e. The predicted molar refractivity (Wildman–Crippen MR) is 120 cm³/mol. The molecule has 0 aliphatic carbocycles.